The molecule has 0 radical (unpaired) electrons. The molecule has 1 N–H and O–H groups in total. The first-order chi connectivity index (χ1) is 12.4. The van der Waals surface area contributed by atoms with E-state index in [2.05, 4.69) is 32.0 Å². The van der Waals surface area contributed by atoms with Gasteiger partial charge in [0, 0.05) is 25.3 Å². The average Bonchev–Trinajstić information content (AvgIpc) is 2.60. The summed E-state index contributed by atoms with van der Waals surface area (Å²) in [5.41, 5.74) is 1.88. The van der Waals surface area contributed by atoms with E-state index < -0.39 is 6.61 Å². The summed E-state index contributed by atoms with van der Waals surface area (Å²) < 4.78 is 28.8. The van der Waals surface area contributed by atoms with Crippen LogP contribution < -0.4 is 10.1 Å². The van der Waals surface area contributed by atoms with Crippen LogP contribution in [0, 0.1) is 0 Å². The molecule has 0 unspecified atom stereocenters. The highest BCUT2D eigenvalue weighted by Crippen LogP contribution is 2.18. The van der Waals surface area contributed by atoms with Crippen molar-refractivity contribution in [2.24, 2.45) is 0 Å². The lowest BCUT2D eigenvalue weighted by Gasteiger charge is -2.27. The molecule has 0 fully saturated rings. The number of thiocarbonyl (C=S) groups is 1. The number of nitrogens with one attached hydrogen (secondary N) is 1. The predicted octanol–water partition coefficient (Wildman–Crippen LogP) is 4.05. The highest BCUT2D eigenvalue weighted by atomic mass is 32.1. The molecule has 0 bridgehead atoms. The normalized spacial score (nSPS) is 10.8. The number of nitrogens with zero attached hydrogens (tertiary/aromatic N) is 2. The van der Waals surface area contributed by atoms with Gasteiger partial charge in [-0.2, -0.15) is 8.78 Å². The molecule has 0 aliphatic rings. The summed E-state index contributed by atoms with van der Waals surface area (Å²) >= 11 is 5.56. The molecule has 4 nitrogen and oxygen atoms in total. The van der Waals surface area contributed by atoms with Gasteiger partial charge >= 0.3 is 6.61 Å². The molecule has 2 aromatic carbocycles. The van der Waals surface area contributed by atoms with Crippen molar-refractivity contribution in [3.05, 3.63) is 60.2 Å². The molecule has 0 aliphatic heterocycles. The van der Waals surface area contributed by atoms with Gasteiger partial charge in [0.1, 0.15) is 5.75 Å². The number of hydrogen-bond acceptors (Lipinski definition) is 3. The van der Waals surface area contributed by atoms with E-state index in [1.807, 2.05) is 32.3 Å². The van der Waals surface area contributed by atoms with Crippen molar-refractivity contribution >= 4 is 23.0 Å². The van der Waals surface area contributed by atoms with Crippen molar-refractivity contribution in [2.45, 2.75) is 13.2 Å². The van der Waals surface area contributed by atoms with Crippen LogP contribution in [0.1, 0.15) is 5.56 Å². The lowest BCUT2D eigenvalue weighted by atomic mass is 10.2. The van der Waals surface area contributed by atoms with Crippen LogP contribution in [-0.2, 0) is 6.54 Å². The van der Waals surface area contributed by atoms with E-state index in [4.69, 9.17) is 12.2 Å². The van der Waals surface area contributed by atoms with Crippen LogP contribution in [0.25, 0.3) is 0 Å². The van der Waals surface area contributed by atoms with Gasteiger partial charge in [0.2, 0.25) is 0 Å². The van der Waals surface area contributed by atoms with Crippen LogP contribution in [-0.4, -0.2) is 48.7 Å². The fraction of sp³-hybridized carbons (Fsp3) is 0.316. The van der Waals surface area contributed by atoms with E-state index >= 15 is 0 Å². The number of likely N-dealkylation sites (N-methyl/N-ethyl adjacent to an activating group) is 1. The van der Waals surface area contributed by atoms with Gasteiger partial charge in [-0.3, -0.25) is 0 Å². The minimum Gasteiger partial charge on any atom is -0.435 e. The second-order valence-corrected chi connectivity index (χ2v) is 6.43. The first kappa shape index (κ1) is 20.1. The van der Waals surface area contributed by atoms with Gasteiger partial charge in [-0.25, -0.2) is 0 Å². The molecule has 0 aromatic heterocycles. The fourth-order valence-corrected chi connectivity index (χ4v) is 2.57. The summed E-state index contributed by atoms with van der Waals surface area (Å²) in [5.74, 6) is 0.116. The summed E-state index contributed by atoms with van der Waals surface area (Å²) in [4.78, 5) is 4.17. The molecule has 140 valence electrons. The SMILES string of the molecule is CN(C)CCN(Cc1ccccc1)C(=S)Nc1ccc(OC(F)F)cc1. The van der Waals surface area contributed by atoms with E-state index in [9.17, 15) is 8.78 Å². The quantitative estimate of drug-likeness (QED) is 0.699. The van der Waals surface area contributed by atoms with E-state index in [1.54, 1.807) is 12.1 Å². The Labute approximate surface area is 158 Å². The monoisotopic (exact) mass is 379 g/mol. The molecule has 0 aliphatic carbocycles. The Bertz CT molecular complexity index is 681. The Balaban J connectivity index is 2.02. The lowest BCUT2D eigenvalue weighted by molar-refractivity contribution is -0.0498. The Kier molecular flexibility index (Phi) is 7.74. The Morgan fingerprint density at radius 1 is 1.04 bits per heavy atom. The molecule has 0 saturated carbocycles. The second kappa shape index (κ2) is 10.0. The molecule has 0 atom stereocenters. The fourth-order valence-electron chi connectivity index (χ4n) is 2.30. The van der Waals surface area contributed by atoms with Crippen molar-refractivity contribution in [3.8, 4) is 5.75 Å². The standard InChI is InChI=1S/C19H23F2N3OS/c1-23(2)12-13-24(14-15-6-4-3-5-7-15)19(26)22-16-8-10-17(11-9-16)25-18(20)21/h3-11,18H,12-14H2,1-2H3,(H,22,26). The number of hydrogen-bond donors (Lipinski definition) is 1. The molecule has 0 spiro atoms. The molecular formula is C19H23F2N3OS. The highest BCUT2D eigenvalue weighted by molar-refractivity contribution is 7.80. The maximum absolute atomic E-state index is 12.2. The third-order valence-electron chi connectivity index (χ3n) is 3.65. The van der Waals surface area contributed by atoms with Gasteiger partial charge in [0.05, 0.1) is 0 Å². The topological polar surface area (TPSA) is 27.7 Å². The molecule has 2 rings (SSSR count). The van der Waals surface area contributed by atoms with Crippen molar-refractivity contribution in [1.29, 1.82) is 0 Å². The Hall–Kier alpha value is -2.25. The maximum Gasteiger partial charge on any atom is 0.387 e. The summed E-state index contributed by atoms with van der Waals surface area (Å²) in [6.07, 6.45) is 0. The average molecular weight is 379 g/mol. The Morgan fingerprint density at radius 2 is 1.69 bits per heavy atom. The van der Waals surface area contributed by atoms with Crippen LogP contribution in [0.2, 0.25) is 0 Å². The molecule has 0 saturated heterocycles. The number of rotatable bonds is 8. The minimum atomic E-state index is -2.83. The van der Waals surface area contributed by atoms with Crippen molar-refractivity contribution < 1.29 is 13.5 Å². The Morgan fingerprint density at radius 3 is 2.27 bits per heavy atom. The summed E-state index contributed by atoms with van der Waals surface area (Å²) in [6.45, 7) is -0.522. The van der Waals surface area contributed by atoms with Crippen LogP contribution >= 0.6 is 12.2 Å². The second-order valence-electron chi connectivity index (χ2n) is 6.04. The number of benzene rings is 2. The maximum atomic E-state index is 12.2. The first-order valence-corrected chi connectivity index (χ1v) is 8.64. The summed E-state index contributed by atoms with van der Waals surface area (Å²) in [5, 5.41) is 3.74. The zero-order chi connectivity index (χ0) is 18.9. The van der Waals surface area contributed by atoms with Crippen LogP contribution in [0.3, 0.4) is 0 Å². The largest absolute Gasteiger partial charge is 0.435 e. The van der Waals surface area contributed by atoms with Gasteiger partial charge in [-0.1, -0.05) is 30.3 Å². The van der Waals surface area contributed by atoms with Crippen molar-refractivity contribution in [2.75, 3.05) is 32.5 Å². The van der Waals surface area contributed by atoms with E-state index in [1.165, 1.54) is 12.1 Å². The molecule has 0 heterocycles. The smallest absolute Gasteiger partial charge is 0.387 e. The van der Waals surface area contributed by atoms with E-state index in [0.717, 1.165) is 24.3 Å². The van der Waals surface area contributed by atoms with Crippen LogP contribution in [0.4, 0.5) is 14.5 Å². The minimum absolute atomic E-state index is 0.116. The van der Waals surface area contributed by atoms with Gasteiger partial charge in [-0.05, 0) is 56.1 Å². The zero-order valence-electron chi connectivity index (χ0n) is 14.9. The van der Waals surface area contributed by atoms with Gasteiger partial charge in [-0.15, -0.1) is 0 Å². The first-order valence-electron chi connectivity index (χ1n) is 8.23. The van der Waals surface area contributed by atoms with Crippen molar-refractivity contribution in [1.82, 2.24) is 9.80 Å². The number of anilines is 1. The predicted molar refractivity (Wildman–Crippen MR) is 105 cm³/mol. The highest BCUT2D eigenvalue weighted by Gasteiger charge is 2.12. The van der Waals surface area contributed by atoms with Crippen LogP contribution in [0.15, 0.2) is 54.6 Å². The summed E-state index contributed by atoms with van der Waals surface area (Å²) in [6, 6.07) is 16.4. The van der Waals surface area contributed by atoms with Gasteiger partial charge in [0.25, 0.3) is 0 Å². The zero-order valence-corrected chi connectivity index (χ0v) is 15.7. The molecule has 2 aromatic rings. The molecular weight excluding hydrogens is 356 g/mol. The summed E-state index contributed by atoms with van der Waals surface area (Å²) in [7, 11) is 4.03. The third-order valence-corrected chi connectivity index (χ3v) is 4.01. The van der Waals surface area contributed by atoms with Gasteiger partial charge in [0.15, 0.2) is 5.11 Å². The van der Waals surface area contributed by atoms with Gasteiger partial charge < -0.3 is 19.9 Å². The molecule has 0 amide bonds. The van der Waals surface area contributed by atoms with Crippen LogP contribution in [0.5, 0.6) is 5.75 Å². The van der Waals surface area contributed by atoms with E-state index in [-0.39, 0.29) is 5.75 Å². The number of alkyl halides is 2. The third kappa shape index (κ3) is 6.93. The van der Waals surface area contributed by atoms with Crippen molar-refractivity contribution in [3.63, 3.8) is 0 Å². The number of ether oxygens (including phenoxy) is 1. The lowest BCUT2D eigenvalue weighted by Crippen LogP contribution is -2.38. The molecule has 7 heteroatoms. The number of halogens is 2. The molecule has 26 heavy (non-hydrogen) atoms. The van der Waals surface area contributed by atoms with E-state index in [0.29, 0.717) is 11.7 Å².